The molecule has 5 aliphatic rings. The number of hydrogen-bond donors (Lipinski definition) is 1. The number of carbonyl (C=O) groups excluding carboxylic acids is 1. The molecule has 0 radical (unpaired) electrons. The van der Waals surface area contributed by atoms with Crippen molar-refractivity contribution in [1.82, 2.24) is 10.2 Å². The van der Waals surface area contributed by atoms with Gasteiger partial charge in [0.25, 0.3) is 0 Å². The molecule has 2 unspecified atom stereocenters. The Morgan fingerprint density at radius 1 is 1.06 bits per heavy atom. The van der Waals surface area contributed by atoms with Crippen molar-refractivity contribution in [2.24, 2.45) is 11.8 Å². The van der Waals surface area contributed by atoms with Gasteiger partial charge in [-0.3, -0.25) is 9.69 Å². The van der Waals surface area contributed by atoms with Crippen molar-refractivity contribution in [3.63, 3.8) is 0 Å². The predicted molar refractivity (Wildman–Crippen MR) is 126 cm³/mol. The van der Waals surface area contributed by atoms with Crippen molar-refractivity contribution in [3.05, 3.63) is 36.1 Å². The standard InChI is InChI=1S/C27H38N2O3/c30-27(22-6-4-16-31-18-22)28-24-11-9-20(10-12-24)13-15-29-14-2-1-7-25(29)23-17-21-5-3-8-26(21)32-19-23/h3,5,8,17,19-20,22,24-25H,1-2,4,6-7,9-16,18H2,(H,28,30)/t20-,22?,24-,25?. The maximum atomic E-state index is 12.5. The minimum atomic E-state index is 0.0665. The largest absolute Gasteiger partial charge is 0.464 e. The van der Waals surface area contributed by atoms with Gasteiger partial charge in [-0.15, -0.1) is 0 Å². The van der Waals surface area contributed by atoms with Crippen LogP contribution < -0.4 is 5.32 Å². The fourth-order valence-corrected chi connectivity index (χ4v) is 6.01. The maximum absolute atomic E-state index is 12.5. The Bertz CT molecular complexity index is 835. The first kappa shape index (κ1) is 22.0. The molecule has 1 amide bonds. The zero-order valence-electron chi connectivity index (χ0n) is 19.3. The Balaban J connectivity index is 1.10. The average Bonchev–Trinajstić information content (AvgIpc) is 3.32. The Hall–Kier alpha value is -1.85. The maximum Gasteiger partial charge on any atom is 0.225 e. The molecule has 174 valence electrons. The molecule has 0 aromatic carbocycles. The SMILES string of the molecule is O=C(N[C@H]1CC[C@H](CCN2CCCCC2c2coc3cccc-3c2)CC1)C1CCCOC1. The topological polar surface area (TPSA) is 54.7 Å². The third kappa shape index (κ3) is 5.20. The highest BCUT2D eigenvalue weighted by Crippen LogP contribution is 2.36. The molecule has 2 atom stereocenters. The summed E-state index contributed by atoms with van der Waals surface area (Å²) in [7, 11) is 0. The van der Waals surface area contributed by atoms with E-state index in [4.69, 9.17) is 9.15 Å². The number of amides is 1. The van der Waals surface area contributed by atoms with Crippen molar-refractivity contribution < 1.29 is 13.9 Å². The number of hydrogen-bond acceptors (Lipinski definition) is 4. The molecule has 5 heteroatoms. The molecule has 2 aliphatic carbocycles. The Morgan fingerprint density at radius 3 is 2.81 bits per heavy atom. The molecule has 3 fully saturated rings. The average molecular weight is 439 g/mol. The van der Waals surface area contributed by atoms with Gasteiger partial charge in [0.1, 0.15) is 5.76 Å². The van der Waals surface area contributed by atoms with Gasteiger partial charge >= 0.3 is 0 Å². The summed E-state index contributed by atoms with van der Waals surface area (Å²) in [4.78, 5) is 15.2. The van der Waals surface area contributed by atoms with Crippen molar-refractivity contribution in [3.8, 4) is 11.3 Å². The van der Waals surface area contributed by atoms with Crippen LogP contribution in [0.1, 0.15) is 75.8 Å². The first-order chi connectivity index (χ1) is 15.8. The number of piperidine rings is 1. The number of carbonyl (C=O) groups is 1. The van der Waals surface area contributed by atoms with Crippen LogP contribution in [-0.2, 0) is 9.53 Å². The predicted octanol–water partition coefficient (Wildman–Crippen LogP) is 5.40. The second-order valence-corrected chi connectivity index (χ2v) is 10.2. The van der Waals surface area contributed by atoms with Gasteiger partial charge in [-0.2, -0.15) is 0 Å². The normalized spacial score (nSPS) is 29.8. The third-order valence-corrected chi connectivity index (χ3v) is 8.00. The molecule has 3 aliphatic heterocycles. The van der Waals surface area contributed by atoms with E-state index in [9.17, 15) is 4.79 Å². The van der Waals surface area contributed by atoms with Crippen LogP contribution in [0.2, 0.25) is 0 Å². The smallest absolute Gasteiger partial charge is 0.225 e. The minimum absolute atomic E-state index is 0.0665. The minimum Gasteiger partial charge on any atom is -0.464 e. The van der Waals surface area contributed by atoms with Crippen LogP contribution >= 0.6 is 0 Å². The lowest BCUT2D eigenvalue weighted by Gasteiger charge is -2.37. The second-order valence-electron chi connectivity index (χ2n) is 10.2. The van der Waals surface area contributed by atoms with Crippen LogP contribution in [0.5, 0.6) is 0 Å². The van der Waals surface area contributed by atoms with E-state index in [1.165, 1.54) is 62.7 Å². The number of likely N-dealkylation sites (tertiary alicyclic amines) is 1. The fourth-order valence-electron chi connectivity index (χ4n) is 6.01. The highest BCUT2D eigenvalue weighted by molar-refractivity contribution is 5.79. The van der Waals surface area contributed by atoms with Gasteiger partial charge in [0.05, 0.1) is 18.8 Å². The molecule has 0 spiro atoms. The fraction of sp³-hybridized carbons (Fsp3) is 0.667. The second kappa shape index (κ2) is 10.4. The first-order valence-electron chi connectivity index (χ1n) is 12.9. The van der Waals surface area contributed by atoms with E-state index < -0.39 is 0 Å². The van der Waals surface area contributed by atoms with E-state index in [0.717, 1.165) is 44.0 Å². The Labute approximate surface area is 192 Å². The molecule has 5 nitrogen and oxygen atoms in total. The summed E-state index contributed by atoms with van der Waals surface area (Å²) in [5.74, 6) is 2.05. The first-order valence-corrected chi connectivity index (χ1v) is 12.9. The van der Waals surface area contributed by atoms with E-state index in [0.29, 0.717) is 18.7 Å². The highest BCUT2D eigenvalue weighted by Gasteiger charge is 2.29. The lowest BCUT2D eigenvalue weighted by molar-refractivity contribution is -0.130. The molecule has 3 heterocycles. The van der Waals surface area contributed by atoms with E-state index in [-0.39, 0.29) is 11.8 Å². The molecule has 0 aromatic heterocycles. The van der Waals surface area contributed by atoms with Gasteiger partial charge in [0, 0.05) is 29.8 Å². The summed E-state index contributed by atoms with van der Waals surface area (Å²) >= 11 is 0. The van der Waals surface area contributed by atoms with Crippen LogP contribution in [0.3, 0.4) is 0 Å². The molecule has 1 N–H and O–H groups in total. The van der Waals surface area contributed by atoms with Gasteiger partial charge in [0.2, 0.25) is 5.91 Å². The zero-order chi connectivity index (χ0) is 21.8. The van der Waals surface area contributed by atoms with Gasteiger partial charge in [-0.1, -0.05) is 18.6 Å². The van der Waals surface area contributed by atoms with Crippen molar-refractivity contribution >= 4 is 5.91 Å². The monoisotopic (exact) mass is 438 g/mol. The number of ether oxygens (including phenoxy) is 1. The van der Waals surface area contributed by atoms with E-state index in [1.54, 1.807) is 0 Å². The summed E-state index contributed by atoms with van der Waals surface area (Å²) in [6, 6.07) is 9.43. The summed E-state index contributed by atoms with van der Waals surface area (Å²) in [5.41, 5.74) is 2.55. The lowest BCUT2D eigenvalue weighted by Crippen LogP contribution is -2.43. The molecular formula is C27H38N2O3. The van der Waals surface area contributed by atoms with E-state index in [2.05, 4.69) is 28.4 Å². The Kier molecular flexibility index (Phi) is 7.13. The van der Waals surface area contributed by atoms with Gasteiger partial charge in [-0.25, -0.2) is 0 Å². The Morgan fingerprint density at radius 2 is 1.97 bits per heavy atom. The summed E-state index contributed by atoms with van der Waals surface area (Å²) in [6.07, 6.45) is 13.8. The van der Waals surface area contributed by atoms with E-state index in [1.807, 2.05) is 12.3 Å². The molecule has 2 saturated heterocycles. The van der Waals surface area contributed by atoms with E-state index >= 15 is 0 Å². The zero-order valence-corrected chi connectivity index (χ0v) is 19.3. The van der Waals surface area contributed by atoms with Crippen LogP contribution in [0.15, 0.2) is 34.9 Å². The van der Waals surface area contributed by atoms with Crippen LogP contribution in [0.4, 0.5) is 0 Å². The number of nitrogens with one attached hydrogen (secondary N) is 1. The summed E-state index contributed by atoms with van der Waals surface area (Å²) < 4.78 is 11.4. The molecule has 1 saturated carbocycles. The molecule has 0 bridgehead atoms. The van der Waals surface area contributed by atoms with Gasteiger partial charge in [-0.05, 0) is 88.9 Å². The molecule has 32 heavy (non-hydrogen) atoms. The number of rotatable bonds is 6. The van der Waals surface area contributed by atoms with Crippen molar-refractivity contribution in [2.75, 3.05) is 26.3 Å². The van der Waals surface area contributed by atoms with Crippen LogP contribution in [-0.4, -0.2) is 43.2 Å². The van der Waals surface area contributed by atoms with Crippen LogP contribution in [0, 0.1) is 11.8 Å². The summed E-state index contributed by atoms with van der Waals surface area (Å²) in [6.45, 7) is 3.78. The van der Waals surface area contributed by atoms with Gasteiger partial charge in [0.15, 0.2) is 0 Å². The van der Waals surface area contributed by atoms with Crippen molar-refractivity contribution in [1.29, 1.82) is 0 Å². The third-order valence-electron chi connectivity index (χ3n) is 8.00. The van der Waals surface area contributed by atoms with Gasteiger partial charge < -0.3 is 14.5 Å². The highest BCUT2D eigenvalue weighted by atomic mass is 16.5. The number of fused-ring (bicyclic) bond motifs is 1. The quantitative estimate of drug-likeness (QED) is 0.656. The summed E-state index contributed by atoms with van der Waals surface area (Å²) in [5, 5.41) is 3.32. The number of nitrogens with zero attached hydrogens (tertiary/aromatic N) is 1. The molecule has 5 rings (SSSR count). The van der Waals surface area contributed by atoms with Crippen LogP contribution in [0.25, 0.3) is 11.3 Å². The van der Waals surface area contributed by atoms with Crippen molar-refractivity contribution in [2.45, 2.75) is 76.3 Å². The molecule has 0 aromatic rings. The molecular weight excluding hydrogens is 400 g/mol. The lowest BCUT2D eigenvalue weighted by atomic mass is 9.83.